The Kier molecular flexibility index (Phi) is 8.68. The van der Waals surface area contributed by atoms with Crippen LogP contribution in [0.4, 0.5) is 0 Å². The quantitative estimate of drug-likeness (QED) is 0.819. The molecule has 0 aliphatic carbocycles. The summed E-state index contributed by atoms with van der Waals surface area (Å²) in [5.74, 6) is 0.564. The molecule has 2 aromatic rings. The van der Waals surface area contributed by atoms with Crippen molar-refractivity contribution in [3.63, 3.8) is 0 Å². The largest absolute Gasteiger partial charge is 0.465 e. The lowest BCUT2D eigenvalue weighted by Gasteiger charge is -2.07. The van der Waals surface area contributed by atoms with Crippen LogP contribution in [0.5, 0.6) is 11.5 Å². The Morgan fingerprint density at radius 3 is 2.08 bits per heavy atom. The van der Waals surface area contributed by atoms with Crippen molar-refractivity contribution in [2.24, 2.45) is 0 Å². The molecule has 128 valence electrons. The van der Waals surface area contributed by atoms with Crippen molar-refractivity contribution in [3.05, 3.63) is 60.2 Å². The van der Waals surface area contributed by atoms with Crippen LogP contribution in [-0.2, 0) is 9.53 Å². The number of carbonyl (C=O) groups is 2. The van der Waals surface area contributed by atoms with Gasteiger partial charge in [-0.15, -0.1) is 0 Å². The van der Waals surface area contributed by atoms with E-state index < -0.39 is 5.97 Å². The van der Waals surface area contributed by atoms with Gasteiger partial charge in [0.1, 0.15) is 18.0 Å². The molecule has 1 amide bonds. The number of ether oxygens (including phenoxy) is 2. The maximum absolute atomic E-state index is 11.9. The van der Waals surface area contributed by atoms with Crippen LogP contribution < -0.4 is 10.1 Å². The summed E-state index contributed by atoms with van der Waals surface area (Å²) in [6.07, 6.45) is 0. The van der Waals surface area contributed by atoms with Gasteiger partial charge < -0.3 is 14.8 Å². The lowest BCUT2D eigenvalue weighted by atomic mass is 10.2. The number of esters is 1. The van der Waals surface area contributed by atoms with Gasteiger partial charge in [-0.25, -0.2) is 0 Å². The zero-order valence-corrected chi connectivity index (χ0v) is 14.2. The molecule has 0 atom stereocenters. The topological polar surface area (TPSA) is 64.6 Å². The number of amides is 1. The fourth-order valence-electron chi connectivity index (χ4n) is 1.77. The second kappa shape index (κ2) is 10.8. The number of nitrogens with one attached hydrogen (secondary N) is 1. The smallest absolute Gasteiger partial charge is 0.325 e. The van der Waals surface area contributed by atoms with Crippen LogP contribution in [0.1, 0.15) is 31.1 Å². The van der Waals surface area contributed by atoms with Crippen molar-refractivity contribution in [2.75, 3.05) is 13.2 Å². The highest BCUT2D eigenvalue weighted by Gasteiger charge is 2.08. The van der Waals surface area contributed by atoms with E-state index in [2.05, 4.69) is 5.32 Å². The predicted octanol–water partition coefficient (Wildman–Crippen LogP) is 3.80. The number of carbonyl (C=O) groups excluding carboxylic acids is 2. The summed E-state index contributed by atoms with van der Waals surface area (Å²) < 4.78 is 10.4. The average Bonchev–Trinajstić information content (AvgIpc) is 2.63. The molecule has 5 heteroatoms. The minimum Gasteiger partial charge on any atom is -0.465 e. The van der Waals surface area contributed by atoms with Crippen molar-refractivity contribution >= 4 is 11.9 Å². The van der Waals surface area contributed by atoms with Gasteiger partial charge in [0.2, 0.25) is 0 Å². The van der Waals surface area contributed by atoms with Crippen LogP contribution in [0.25, 0.3) is 0 Å². The highest BCUT2D eigenvalue weighted by atomic mass is 16.5. The first-order chi connectivity index (χ1) is 11.7. The molecule has 0 aliphatic rings. The Labute approximate surface area is 142 Å². The maximum Gasteiger partial charge on any atom is 0.325 e. The Bertz CT molecular complexity index is 624. The molecule has 5 nitrogen and oxygen atoms in total. The Morgan fingerprint density at radius 2 is 1.50 bits per heavy atom. The second-order valence-corrected chi connectivity index (χ2v) is 4.43. The fraction of sp³-hybridized carbons (Fsp3) is 0.263. The molecular weight excluding hydrogens is 306 g/mol. The number of hydrogen-bond acceptors (Lipinski definition) is 4. The summed E-state index contributed by atoms with van der Waals surface area (Å²) >= 11 is 0. The first-order valence-corrected chi connectivity index (χ1v) is 7.96. The van der Waals surface area contributed by atoms with Crippen molar-refractivity contribution in [3.8, 4) is 11.5 Å². The van der Waals surface area contributed by atoms with Gasteiger partial charge in [0.15, 0.2) is 0 Å². The third kappa shape index (κ3) is 6.52. The molecule has 0 spiro atoms. The second-order valence-electron chi connectivity index (χ2n) is 4.43. The third-order valence-corrected chi connectivity index (χ3v) is 2.79. The number of benzene rings is 2. The molecule has 24 heavy (non-hydrogen) atoms. The fourth-order valence-corrected chi connectivity index (χ4v) is 1.77. The molecule has 0 aliphatic heterocycles. The van der Waals surface area contributed by atoms with Gasteiger partial charge in [-0.1, -0.05) is 32.0 Å². The van der Waals surface area contributed by atoms with E-state index in [4.69, 9.17) is 9.47 Å². The SMILES string of the molecule is CC.CCOC(=O)CNC(=O)c1ccc(Oc2ccccc2)cc1. The Morgan fingerprint density at radius 1 is 0.917 bits per heavy atom. The first kappa shape index (κ1) is 19.2. The Balaban J connectivity index is 0.00000139. The van der Waals surface area contributed by atoms with Crippen LogP contribution in [0.15, 0.2) is 54.6 Å². The summed E-state index contributed by atoms with van der Waals surface area (Å²) in [4.78, 5) is 23.0. The molecule has 0 saturated carbocycles. The minimum absolute atomic E-state index is 0.144. The molecule has 1 N–H and O–H groups in total. The van der Waals surface area contributed by atoms with Crippen LogP contribution in [0.2, 0.25) is 0 Å². The van der Waals surface area contributed by atoms with E-state index >= 15 is 0 Å². The van der Waals surface area contributed by atoms with Crippen LogP contribution in [-0.4, -0.2) is 25.0 Å². The van der Waals surface area contributed by atoms with Crippen LogP contribution >= 0.6 is 0 Å². The molecule has 0 fully saturated rings. The predicted molar refractivity (Wildman–Crippen MR) is 93.3 cm³/mol. The number of hydrogen-bond donors (Lipinski definition) is 1. The summed E-state index contributed by atoms with van der Waals surface area (Å²) in [5.41, 5.74) is 0.449. The number of para-hydroxylation sites is 1. The molecule has 0 aromatic heterocycles. The molecule has 0 bridgehead atoms. The van der Waals surface area contributed by atoms with E-state index in [9.17, 15) is 9.59 Å². The lowest BCUT2D eigenvalue weighted by molar-refractivity contribution is -0.141. The normalized spacial score (nSPS) is 9.29. The average molecular weight is 329 g/mol. The van der Waals surface area contributed by atoms with Crippen LogP contribution in [0, 0.1) is 0 Å². The van der Waals surface area contributed by atoms with E-state index in [0.717, 1.165) is 5.75 Å². The zero-order valence-electron chi connectivity index (χ0n) is 14.2. The van der Waals surface area contributed by atoms with Crippen molar-refractivity contribution in [2.45, 2.75) is 20.8 Å². The summed E-state index contributed by atoms with van der Waals surface area (Å²) in [6.45, 7) is 5.86. The van der Waals surface area contributed by atoms with E-state index in [-0.39, 0.29) is 12.5 Å². The van der Waals surface area contributed by atoms with Gasteiger partial charge in [-0.2, -0.15) is 0 Å². The van der Waals surface area contributed by atoms with Gasteiger partial charge in [-0.05, 0) is 43.3 Å². The monoisotopic (exact) mass is 329 g/mol. The Hall–Kier alpha value is -2.82. The molecule has 0 unspecified atom stereocenters. The molecule has 0 heterocycles. The van der Waals surface area contributed by atoms with Gasteiger partial charge in [0, 0.05) is 5.56 Å². The van der Waals surface area contributed by atoms with Crippen molar-refractivity contribution < 1.29 is 19.1 Å². The first-order valence-electron chi connectivity index (χ1n) is 7.96. The standard InChI is InChI=1S/C17H17NO4.C2H6/c1-2-21-16(19)12-18-17(20)13-8-10-15(11-9-13)22-14-6-4-3-5-7-14;1-2/h3-11H,2,12H2,1H3,(H,18,20);1-2H3. The summed E-state index contributed by atoms with van der Waals surface area (Å²) in [5, 5.41) is 2.50. The van der Waals surface area contributed by atoms with Crippen LogP contribution in [0.3, 0.4) is 0 Å². The van der Waals surface area contributed by atoms with Crippen molar-refractivity contribution in [1.29, 1.82) is 0 Å². The summed E-state index contributed by atoms with van der Waals surface area (Å²) in [7, 11) is 0. The molecule has 0 saturated heterocycles. The molecule has 0 radical (unpaired) electrons. The van der Waals surface area contributed by atoms with E-state index in [1.54, 1.807) is 31.2 Å². The summed E-state index contributed by atoms with van der Waals surface area (Å²) in [6, 6.07) is 16.0. The molecular formula is C19H23NO4. The minimum atomic E-state index is -0.458. The number of rotatable bonds is 6. The maximum atomic E-state index is 11.9. The van der Waals surface area contributed by atoms with E-state index in [1.807, 2.05) is 44.2 Å². The van der Waals surface area contributed by atoms with Crippen molar-refractivity contribution in [1.82, 2.24) is 5.32 Å². The lowest BCUT2D eigenvalue weighted by Crippen LogP contribution is -2.30. The molecule has 2 aromatic carbocycles. The van der Waals surface area contributed by atoms with Gasteiger partial charge in [-0.3, -0.25) is 9.59 Å². The highest BCUT2D eigenvalue weighted by molar-refractivity contribution is 5.96. The highest BCUT2D eigenvalue weighted by Crippen LogP contribution is 2.20. The third-order valence-electron chi connectivity index (χ3n) is 2.79. The van der Waals surface area contributed by atoms with Gasteiger partial charge in [0.05, 0.1) is 6.61 Å². The van der Waals surface area contributed by atoms with E-state index in [0.29, 0.717) is 17.9 Å². The molecule has 2 rings (SSSR count). The van der Waals surface area contributed by atoms with Gasteiger partial charge >= 0.3 is 5.97 Å². The zero-order chi connectivity index (χ0) is 17.8. The van der Waals surface area contributed by atoms with E-state index in [1.165, 1.54) is 0 Å². The van der Waals surface area contributed by atoms with Gasteiger partial charge in [0.25, 0.3) is 5.91 Å².